The lowest BCUT2D eigenvalue weighted by Crippen LogP contribution is -2.21. The molecular weight excluding hydrogens is 444 g/mol. The fraction of sp³-hybridized carbons (Fsp3) is 0.619. The summed E-state index contributed by atoms with van der Waals surface area (Å²) >= 11 is 5.33. The summed E-state index contributed by atoms with van der Waals surface area (Å²) in [5.74, 6) is 2.00. The van der Waals surface area contributed by atoms with Crippen LogP contribution in [-0.2, 0) is 11.2 Å². The van der Waals surface area contributed by atoms with Crippen molar-refractivity contribution in [3.05, 3.63) is 23.3 Å². The van der Waals surface area contributed by atoms with Crippen LogP contribution in [-0.4, -0.2) is 66.9 Å². The number of benzene rings is 1. The number of rotatable bonds is 13. The number of carboxylic acids is 1. The summed E-state index contributed by atoms with van der Waals surface area (Å²) in [6.07, 6.45) is 1.66. The van der Waals surface area contributed by atoms with Crippen LogP contribution in [0.2, 0.25) is 0 Å². The van der Waals surface area contributed by atoms with E-state index < -0.39 is 12.1 Å². The Labute approximate surface area is 190 Å². The largest absolute Gasteiger partial charge is 0.507 e. The lowest BCUT2D eigenvalue weighted by molar-refractivity contribution is -0.137. The van der Waals surface area contributed by atoms with Crippen LogP contribution in [0.5, 0.6) is 11.5 Å². The minimum absolute atomic E-state index is 0.0288. The number of ether oxygens (including phenoxy) is 1. The van der Waals surface area contributed by atoms with Crippen molar-refractivity contribution in [1.29, 1.82) is 0 Å². The number of phenols is 1. The first-order valence-corrected chi connectivity index (χ1v) is 13.2. The van der Waals surface area contributed by atoms with Crippen molar-refractivity contribution in [2.24, 2.45) is 0 Å². The second-order valence-electron chi connectivity index (χ2n) is 7.20. The number of aromatic hydroxyl groups is 1. The summed E-state index contributed by atoms with van der Waals surface area (Å²) < 4.78 is 6.11. The molecule has 0 aromatic heterocycles. The topological polar surface area (TPSA) is 104 Å². The van der Waals surface area contributed by atoms with E-state index in [0.717, 1.165) is 17.9 Å². The van der Waals surface area contributed by atoms with Gasteiger partial charge in [0.05, 0.1) is 16.2 Å². The van der Waals surface area contributed by atoms with Crippen LogP contribution in [0.15, 0.2) is 12.1 Å². The number of aliphatic carboxylic acids is 1. The molecule has 1 aromatic carbocycles. The van der Waals surface area contributed by atoms with E-state index in [1.165, 1.54) is 6.92 Å². The fourth-order valence-corrected chi connectivity index (χ4v) is 7.81. The van der Waals surface area contributed by atoms with Crippen LogP contribution in [0.4, 0.5) is 0 Å². The Morgan fingerprint density at radius 1 is 1.37 bits per heavy atom. The van der Waals surface area contributed by atoms with Crippen LogP contribution < -0.4 is 4.74 Å². The van der Waals surface area contributed by atoms with Gasteiger partial charge in [-0.3, -0.25) is 9.59 Å². The van der Waals surface area contributed by atoms with Crippen molar-refractivity contribution >= 4 is 47.0 Å². The minimum Gasteiger partial charge on any atom is -0.507 e. The van der Waals surface area contributed by atoms with Gasteiger partial charge in [-0.05, 0) is 31.9 Å². The molecule has 9 heteroatoms. The highest BCUT2D eigenvalue weighted by Gasteiger charge is 2.26. The highest BCUT2D eigenvalue weighted by atomic mass is 32.2. The molecule has 6 nitrogen and oxygen atoms in total. The van der Waals surface area contributed by atoms with E-state index in [0.29, 0.717) is 39.7 Å². The second kappa shape index (κ2) is 12.7. The maximum absolute atomic E-state index is 11.6. The average molecular weight is 475 g/mol. The smallest absolute Gasteiger partial charge is 0.303 e. The highest BCUT2D eigenvalue weighted by Crippen LogP contribution is 2.41. The summed E-state index contributed by atoms with van der Waals surface area (Å²) in [7, 11) is 0. The van der Waals surface area contributed by atoms with Gasteiger partial charge in [0.15, 0.2) is 5.78 Å². The number of hydrogen-bond acceptors (Lipinski definition) is 8. The number of carbonyl (C=O) groups excluding carboxylic acids is 1. The third kappa shape index (κ3) is 7.90. The van der Waals surface area contributed by atoms with Crippen molar-refractivity contribution < 1.29 is 29.6 Å². The number of aliphatic hydroxyl groups excluding tert-OH is 1. The SMILES string of the molecule is CCCc1c(OCC(O)CSCC2CSC(CCC(=O)O)S2)ccc(C(C)=O)c1O. The van der Waals surface area contributed by atoms with Crippen molar-refractivity contribution in [1.82, 2.24) is 0 Å². The molecule has 0 radical (unpaired) electrons. The van der Waals surface area contributed by atoms with Gasteiger partial charge in [-0.1, -0.05) is 13.3 Å². The summed E-state index contributed by atoms with van der Waals surface area (Å²) in [6, 6.07) is 3.24. The average Bonchev–Trinajstić information content (AvgIpc) is 3.14. The number of aliphatic hydroxyl groups is 1. The molecule has 2 rings (SSSR count). The van der Waals surface area contributed by atoms with Gasteiger partial charge in [0.25, 0.3) is 0 Å². The zero-order chi connectivity index (χ0) is 22.1. The number of carbonyl (C=O) groups is 2. The van der Waals surface area contributed by atoms with E-state index in [1.807, 2.05) is 30.4 Å². The predicted octanol–water partition coefficient (Wildman–Crippen LogP) is 4.06. The summed E-state index contributed by atoms with van der Waals surface area (Å²) in [5.41, 5.74) is 0.896. The van der Waals surface area contributed by atoms with Gasteiger partial charge in [0, 0.05) is 34.5 Å². The Morgan fingerprint density at radius 2 is 2.13 bits per heavy atom. The highest BCUT2D eigenvalue weighted by molar-refractivity contribution is 8.20. The monoisotopic (exact) mass is 474 g/mol. The first kappa shape index (κ1) is 25.2. The van der Waals surface area contributed by atoms with Crippen LogP contribution in [0, 0.1) is 0 Å². The molecule has 1 aromatic rings. The number of phenolic OH excluding ortho intramolecular Hbond substituents is 1. The standard InChI is InChI=1S/C21H30O6S3/c1-3-4-17-18(6-5-16(13(2)22)21(17)26)27-9-14(23)10-28-11-15-12-29-20(30-15)8-7-19(24)25/h5-6,14-15,20,23,26H,3-4,7-12H2,1-2H3,(H,24,25). The van der Waals surface area contributed by atoms with Crippen LogP contribution in [0.25, 0.3) is 0 Å². The Morgan fingerprint density at radius 3 is 2.80 bits per heavy atom. The molecule has 0 amide bonds. The molecular formula is C21H30O6S3. The molecule has 1 aliphatic heterocycles. The lowest BCUT2D eigenvalue weighted by Gasteiger charge is -2.17. The Kier molecular flexibility index (Phi) is 10.7. The van der Waals surface area contributed by atoms with Crippen LogP contribution in [0.3, 0.4) is 0 Å². The molecule has 1 heterocycles. The maximum Gasteiger partial charge on any atom is 0.303 e. The van der Waals surface area contributed by atoms with E-state index in [-0.39, 0.29) is 30.1 Å². The van der Waals surface area contributed by atoms with Gasteiger partial charge < -0.3 is 20.1 Å². The first-order valence-electron chi connectivity index (χ1n) is 10.0. The zero-order valence-electron chi connectivity index (χ0n) is 17.3. The van der Waals surface area contributed by atoms with Gasteiger partial charge in [-0.25, -0.2) is 0 Å². The summed E-state index contributed by atoms with van der Waals surface area (Å²) in [6.45, 7) is 3.53. The Bertz CT molecular complexity index is 727. The van der Waals surface area contributed by atoms with Crippen molar-refractivity contribution in [3.63, 3.8) is 0 Å². The molecule has 0 spiro atoms. The third-order valence-electron chi connectivity index (χ3n) is 4.57. The summed E-state index contributed by atoms with van der Waals surface area (Å²) in [4.78, 5) is 22.3. The maximum atomic E-state index is 11.6. The normalized spacial score (nSPS) is 19.6. The molecule has 0 bridgehead atoms. The number of hydrogen-bond donors (Lipinski definition) is 3. The number of ketones is 1. The molecule has 168 valence electrons. The Hall–Kier alpha value is -1.03. The van der Waals surface area contributed by atoms with Crippen LogP contribution in [0.1, 0.15) is 49.0 Å². The minimum atomic E-state index is -0.747. The number of Topliss-reactive ketones (excluding diaryl/α,β-unsaturated/α-hetero) is 1. The molecule has 3 N–H and O–H groups in total. The molecule has 1 saturated heterocycles. The summed E-state index contributed by atoms with van der Waals surface area (Å²) in [5, 5.41) is 29.9. The van der Waals surface area contributed by atoms with Crippen molar-refractivity contribution in [2.45, 2.75) is 55.5 Å². The van der Waals surface area contributed by atoms with E-state index in [2.05, 4.69) is 0 Å². The zero-order valence-corrected chi connectivity index (χ0v) is 19.8. The molecule has 3 atom stereocenters. The van der Waals surface area contributed by atoms with Crippen molar-refractivity contribution in [3.8, 4) is 11.5 Å². The number of carboxylic acid groups (broad SMARTS) is 1. The van der Waals surface area contributed by atoms with E-state index in [9.17, 15) is 19.8 Å². The van der Waals surface area contributed by atoms with Gasteiger partial charge >= 0.3 is 5.97 Å². The fourth-order valence-electron chi connectivity index (χ4n) is 3.09. The van der Waals surface area contributed by atoms with Gasteiger partial charge in [0.1, 0.15) is 18.1 Å². The molecule has 30 heavy (non-hydrogen) atoms. The molecule has 3 unspecified atom stereocenters. The lowest BCUT2D eigenvalue weighted by atomic mass is 10.0. The van der Waals surface area contributed by atoms with Gasteiger partial charge in [-0.15, -0.1) is 23.5 Å². The van der Waals surface area contributed by atoms with E-state index in [4.69, 9.17) is 9.84 Å². The predicted molar refractivity (Wildman–Crippen MR) is 125 cm³/mol. The second-order valence-corrected chi connectivity index (χ2v) is 11.3. The third-order valence-corrected chi connectivity index (χ3v) is 9.45. The molecule has 1 aliphatic rings. The molecule has 1 fully saturated rings. The molecule has 0 saturated carbocycles. The van der Waals surface area contributed by atoms with E-state index in [1.54, 1.807) is 23.9 Å². The number of thioether (sulfide) groups is 3. The van der Waals surface area contributed by atoms with Crippen LogP contribution >= 0.6 is 35.3 Å². The van der Waals surface area contributed by atoms with Gasteiger partial charge in [-0.2, -0.15) is 11.8 Å². The molecule has 0 aliphatic carbocycles. The van der Waals surface area contributed by atoms with Gasteiger partial charge in [0.2, 0.25) is 0 Å². The van der Waals surface area contributed by atoms with Crippen molar-refractivity contribution in [2.75, 3.05) is 23.9 Å². The quantitative estimate of drug-likeness (QED) is 0.365. The van der Waals surface area contributed by atoms with E-state index >= 15 is 0 Å². The first-order chi connectivity index (χ1) is 14.3. The Balaban J connectivity index is 1.76.